The second-order valence-corrected chi connectivity index (χ2v) is 5.82. The summed E-state index contributed by atoms with van der Waals surface area (Å²) in [5.41, 5.74) is 0. The summed E-state index contributed by atoms with van der Waals surface area (Å²) in [5.74, 6) is -2.02. The summed E-state index contributed by atoms with van der Waals surface area (Å²) in [7, 11) is -4.07. The molecule has 0 heterocycles. The van der Waals surface area contributed by atoms with Crippen LogP contribution in [0.2, 0.25) is 0 Å². The van der Waals surface area contributed by atoms with E-state index in [-0.39, 0.29) is 25.9 Å². The van der Waals surface area contributed by atoms with Gasteiger partial charge in [-0.25, -0.2) is 8.42 Å². The van der Waals surface area contributed by atoms with E-state index < -0.39 is 33.3 Å². The Hall–Kier alpha value is -1.66. The van der Waals surface area contributed by atoms with E-state index in [4.69, 9.17) is 10.4 Å². The van der Waals surface area contributed by atoms with Crippen LogP contribution in [0.15, 0.2) is 0 Å². The molecule has 114 valence electrons. The van der Waals surface area contributed by atoms with Crippen LogP contribution in [0.3, 0.4) is 0 Å². The van der Waals surface area contributed by atoms with E-state index in [2.05, 4.69) is 4.74 Å². The fourth-order valence-corrected chi connectivity index (χ4v) is 2.75. The Morgan fingerprint density at radius 2 is 2.00 bits per heavy atom. The van der Waals surface area contributed by atoms with Crippen molar-refractivity contribution in [2.45, 2.75) is 44.4 Å². The first-order valence-electron chi connectivity index (χ1n) is 6.07. The molecule has 0 aromatic carbocycles. The Balaban J connectivity index is 4.76. The van der Waals surface area contributed by atoms with Crippen LogP contribution in [-0.4, -0.2) is 43.4 Å². The Morgan fingerprint density at radius 3 is 2.40 bits per heavy atom. The first-order valence-corrected chi connectivity index (χ1v) is 7.62. The van der Waals surface area contributed by atoms with Crippen molar-refractivity contribution < 1.29 is 27.9 Å². The number of ether oxygens (including phenoxy) is 1. The Kier molecular flexibility index (Phi) is 7.79. The Bertz CT molecular complexity index is 482. The highest BCUT2D eigenvalue weighted by molar-refractivity contribution is 7.90. The summed E-state index contributed by atoms with van der Waals surface area (Å²) in [6.45, 7) is 3.27. The topological polar surface area (TPSA) is 134 Å². The molecule has 0 spiro atoms. The van der Waals surface area contributed by atoms with Gasteiger partial charge in [0.25, 0.3) is 0 Å². The zero-order valence-corrected chi connectivity index (χ0v) is 12.1. The van der Waals surface area contributed by atoms with E-state index in [1.807, 2.05) is 4.72 Å². The average Bonchev–Trinajstić information content (AvgIpc) is 2.35. The molecule has 20 heavy (non-hydrogen) atoms. The molecule has 0 fully saturated rings. The number of hydrogen-bond acceptors (Lipinski definition) is 6. The van der Waals surface area contributed by atoms with Crippen molar-refractivity contribution in [3.05, 3.63) is 0 Å². The van der Waals surface area contributed by atoms with Crippen LogP contribution in [0.1, 0.15) is 33.1 Å². The zero-order chi connectivity index (χ0) is 15.8. The van der Waals surface area contributed by atoms with Crippen molar-refractivity contribution in [1.82, 2.24) is 4.72 Å². The monoisotopic (exact) mass is 306 g/mol. The Labute approximate surface area is 117 Å². The highest BCUT2D eigenvalue weighted by atomic mass is 32.2. The number of carboxylic acid groups (broad SMARTS) is 1. The number of nitriles is 1. The van der Waals surface area contributed by atoms with Gasteiger partial charge in [-0.2, -0.15) is 9.98 Å². The van der Waals surface area contributed by atoms with Gasteiger partial charge in [0.1, 0.15) is 6.04 Å². The summed E-state index contributed by atoms with van der Waals surface area (Å²) in [6.07, 6.45) is -0.429. The van der Waals surface area contributed by atoms with Crippen LogP contribution >= 0.6 is 0 Å². The van der Waals surface area contributed by atoms with Gasteiger partial charge < -0.3 is 9.84 Å². The van der Waals surface area contributed by atoms with Crippen LogP contribution in [0, 0.1) is 11.3 Å². The number of aliphatic carboxylic acids is 1. The third kappa shape index (κ3) is 5.99. The minimum Gasteiger partial charge on any atom is -0.480 e. The maximum absolute atomic E-state index is 11.8. The molecule has 2 N–H and O–H groups in total. The largest absolute Gasteiger partial charge is 0.480 e. The molecular formula is C11H18N2O6S. The predicted octanol–water partition coefficient (Wildman–Crippen LogP) is 0.00448. The average molecular weight is 306 g/mol. The second-order valence-electron chi connectivity index (χ2n) is 3.92. The summed E-state index contributed by atoms with van der Waals surface area (Å²) < 4.78 is 30.1. The molecule has 0 amide bonds. The van der Waals surface area contributed by atoms with Crippen molar-refractivity contribution in [1.29, 1.82) is 5.26 Å². The summed E-state index contributed by atoms with van der Waals surface area (Å²) in [4.78, 5) is 22.1. The third-order valence-corrected chi connectivity index (χ3v) is 4.24. The van der Waals surface area contributed by atoms with Crippen molar-refractivity contribution in [2.75, 3.05) is 6.61 Å². The lowest BCUT2D eigenvalue weighted by atomic mass is 10.2. The fraction of sp³-hybridized carbons (Fsp3) is 0.727. The summed E-state index contributed by atoms with van der Waals surface area (Å²) in [5, 5.41) is 16.3. The van der Waals surface area contributed by atoms with E-state index in [0.29, 0.717) is 0 Å². The number of sulfonamides is 1. The van der Waals surface area contributed by atoms with Gasteiger partial charge in [0.15, 0.2) is 5.25 Å². The minimum atomic E-state index is -4.07. The molecule has 0 aromatic rings. The van der Waals surface area contributed by atoms with Gasteiger partial charge in [-0.15, -0.1) is 0 Å². The number of carbonyl (C=O) groups excluding carboxylic acids is 1. The fourth-order valence-electron chi connectivity index (χ4n) is 1.39. The predicted molar refractivity (Wildman–Crippen MR) is 69.0 cm³/mol. The van der Waals surface area contributed by atoms with Gasteiger partial charge in [0.2, 0.25) is 10.0 Å². The minimum absolute atomic E-state index is 0.0377. The number of esters is 1. The molecule has 2 atom stereocenters. The molecule has 1 unspecified atom stereocenters. The number of hydrogen-bond donors (Lipinski definition) is 2. The number of carboxylic acids is 1. The summed E-state index contributed by atoms with van der Waals surface area (Å²) in [6, 6.07) is 0.121. The van der Waals surface area contributed by atoms with E-state index in [9.17, 15) is 18.0 Å². The lowest BCUT2D eigenvalue weighted by Gasteiger charge is -2.16. The molecule has 0 saturated carbocycles. The van der Waals surface area contributed by atoms with E-state index in [1.54, 1.807) is 13.0 Å². The standard InChI is InChI=1S/C11H18N2O6S/c1-3-8(7-12)20(17,18)13-9(11(15)16)5-6-10(14)19-4-2/h8-9,13H,3-6H2,1-2H3,(H,15,16)/t8?,9-/m0/s1. The molecule has 0 saturated heterocycles. The highest BCUT2D eigenvalue weighted by Crippen LogP contribution is 2.07. The quantitative estimate of drug-likeness (QED) is 0.573. The number of carbonyl (C=O) groups is 2. The van der Waals surface area contributed by atoms with Crippen LogP contribution in [0.4, 0.5) is 0 Å². The van der Waals surface area contributed by atoms with Gasteiger partial charge in [-0.3, -0.25) is 9.59 Å². The maximum atomic E-state index is 11.8. The van der Waals surface area contributed by atoms with Gasteiger partial charge in [0.05, 0.1) is 12.7 Å². The molecule has 0 aliphatic rings. The first kappa shape index (κ1) is 18.3. The zero-order valence-electron chi connectivity index (χ0n) is 11.3. The van der Waals surface area contributed by atoms with Crippen LogP contribution in [0.25, 0.3) is 0 Å². The van der Waals surface area contributed by atoms with Crippen LogP contribution < -0.4 is 4.72 Å². The number of nitrogens with one attached hydrogen (secondary N) is 1. The normalized spacial score (nSPS) is 14.1. The number of nitrogens with zero attached hydrogens (tertiary/aromatic N) is 1. The molecule has 0 aliphatic heterocycles. The van der Waals surface area contributed by atoms with Gasteiger partial charge in [0, 0.05) is 6.42 Å². The van der Waals surface area contributed by atoms with Crippen LogP contribution in [0.5, 0.6) is 0 Å². The molecule has 0 rings (SSSR count). The molecule has 0 bridgehead atoms. The van der Waals surface area contributed by atoms with Crippen molar-refractivity contribution in [3.63, 3.8) is 0 Å². The highest BCUT2D eigenvalue weighted by Gasteiger charge is 2.30. The maximum Gasteiger partial charge on any atom is 0.321 e. The third-order valence-electron chi connectivity index (χ3n) is 2.44. The van der Waals surface area contributed by atoms with Gasteiger partial charge in [-0.1, -0.05) is 6.92 Å². The van der Waals surface area contributed by atoms with Gasteiger partial charge in [-0.05, 0) is 19.8 Å². The first-order chi connectivity index (χ1) is 9.28. The smallest absolute Gasteiger partial charge is 0.321 e. The molecule has 0 aromatic heterocycles. The molecule has 8 nitrogen and oxygen atoms in total. The lowest BCUT2D eigenvalue weighted by Crippen LogP contribution is -2.44. The molecule has 0 radical (unpaired) electrons. The molecule has 9 heteroatoms. The Morgan fingerprint density at radius 1 is 1.40 bits per heavy atom. The number of rotatable bonds is 9. The summed E-state index contributed by atoms with van der Waals surface area (Å²) >= 11 is 0. The lowest BCUT2D eigenvalue weighted by molar-refractivity contribution is -0.144. The second kappa shape index (κ2) is 8.50. The van der Waals surface area contributed by atoms with Crippen LogP contribution in [-0.2, 0) is 24.3 Å². The van der Waals surface area contributed by atoms with E-state index in [0.717, 1.165) is 0 Å². The SMILES string of the molecule is CCOC(=O)CC[C@H](NS(=O)(=O)C(C#N)CC)C(=O)O. The van der Waals surface area contributed by atoms with Crippen molar-refractivity contribution in [3.8, 4) is 6.07 Å². The molecular weight excluding hydrogens is 288 g/mol. The van der Waals surface area contributed by atoms with Crippen molar-refractivity contribution >= 4 is 22.0 Å². The molecule has 0 aliphatic carbocycles. The van der Waals surface area contributed by atoms with Gasteiger partial charge >= 0.3 is 11.9 Å². The van der Waals surface area contributed by atoms with Crippen molar-refractivity contribution in [2.24, 2.45) is 0 Å². The van der Waals surface area contributed by atoms with E-state index in [1.165, 1.54) is 6.92 Å². The van der Waals surface area contributed by atoms with E-state index >= 15 is 0 Å².